The number of hydrogen-bond acceptors (Lipinski definition) is 3. The van der Waals surface area contributed by atoms with E-state index in [1.807, 2.05) is 18.2 Å². The third-order valence-corrected chi connectivity index (χ3v) is 2.78. The van der Waals surface area contributed by atoms with Crippen LogP contribution in [0, 0.1) is 6.92 Å². The van der Waals surface area contributed by atoms with Gasteiger partial charge in [0.05, 0.1) is 13.2 Å². The number of anilines is 1. The monoisotopic (exact) mass is 250 g/mol. The molecular weight excluding hydrogens is 228 g/mol. The fourth-order valence-corrected chi connectivity index (χ4v) is 1.71. The Labute approximate surface area is 109 Å². The first-order valence-electron chi connectivity index (χ1n) is 6.26. The van der Waals surface area contributed by atoms with Gasteiger partial charge in [-0.3, -0.25) is 4.79 Å². The zero-order chi connectivity index (χ0) is 13.4. The average Bonchev–Trinajstić information content (AvgIpc) is 2.37. The summed E-state index contributed by atoms with van der Waals surface area (Å²) >= 11 is 0. The standard InChI is InChI=1S/C14H22N2O2/c1-4-12-9-13(6-5-11(12)2)16-14(17)10-15-7-8-18-3/h5-6,9,15H,4,7-8,10H2,1-3H3,(H,16,17). The van der Waals surface area contributed by atoms with Crippen molar-refractivity contribution in [3.63, 3.8) is 0 Å². The molecule has 0 unspecified atom stereocenters. The highest BCUT2D eigenvalue weighted by Crippen LogP contribution is 2.15. The summed E-state index contributed by atoms with van der Waals surface area (Å²) in [6.45, 7) is 5.78. The lowest BCUT2D eigenvalue weighted by Crippen LogP contribution is -2.30. The van der Waals surface area contributed by atoms with Crippen molar-refractivity contribution in [1.82, 2.24) is 5.32 Å². The molecule has 1 amide bonds. The van der Waals surface area contributed by atoms with Crippen LogP contribution in [-0.2, 0) is 16.0 Å². The highest BCUT2D eigenvalue weighted by molar-refractivity contribution is 5.92. The van der Waals surface area contributed by atoms with Crippen LogP contribution >= 0.6 is 0 Å². The van der Waals surface area contributed by atoms with Gasteiger partial charge in [-0.25, -0.2) is 0 Å². The first kappa shape index (κ1) is 14.7. The fourth-order valence-electron chi connectivity index (χ4n) is 1.71. The summed E-state index contributed by atoms with van der Waals surface area (Å²) in [6.07, 6.45) is 0.974. The summed E-state index contributed by atoms with van der Waals surface area (Å²) < 4.78 is 4.89. The van der Waals surface area contributed by atoms with E-state index < -0.39 is 0 Å². The van der Waals surface area contributed by atoms with Crippen LogP contribution in [-0.4, -0.2) is 32.7 Å². The molecule has 2 N–H and O–H groups in total. The molecule has 18 heavy (non-hydrogen) atoms. The first-order chi connectivity index (χ1) is 8.67. The predicted octanol–water partition coefficient (Wildman–Crippen LogP) is 1.73. The minimum atomic E-state index is -0.0305. The van der Waals surface area contributed by atoms with Crippen molar-refractivity contribution >= 4 is 11.6 Å². The Bertz CT molecular complexity index is 391. The molecule has 100 valence electrons. The Morgan fingerprint density at radius 3 is 2.83 bits per heavy atom. The van der Waals surface area contributed by atoms with E-state index in [2.05, 4.69) is 24.5 Å². The summed E-state index contributed by atoms with van der Waals surface area (Å²) in [5.74, 6) is -0.0305. The molecule has 4 nitrogen and oxygen atoms in total. The molecule has 4 heteroatoms. The van der Waals surface area contributed by atoms with E-state index >= 15 is 0 Å². The van der Waals surface area contributed by atoms with E-state index in [4.69, 9.17) is 4.74 Å². The molecule has 0 aliphatic rings. The number of benzene rings is 1. The number of carbonyl (C=O) groups excluding carboxylic acids is 1. The third-order valence-electron chi connectivity index (χ3n) is 2.78. The normalized spacial score (nSPS) is 10.4. The van der Waals surface area contributed by atoms with Crippen molar-refractivity contribution in [3.8, 4) is 0 Å². The number of aryl methyl sites for hydroxylation is 2. The Balaban J connectivity index is 2.44. The summed E-state index contributed by atoms with van der Waals surface area (Å²) in [7, 11) is 1.64. The number of methoxy groups -OCH3 is 1. The van der Waals surface area contributed by atoms with Gasteiger partial charge in [-0.2, -0.15) is 0 Å². The maximum absolute atomic E-state index is 11.6. The smallest absolute Gasteiger partial charge is 0.238 e. The molecule has 0 heterocycles. The van der Waals surface area contributed by atoms with Crippen LogP contribution in [0.15, 0.2) is 18.2 Å². The van der Waals surface area contributed by atoms with Crippen molar-refractivity contribution in [2.24, 2.45) is 0 Å². The first-order valence-corrected chi connectivity index (χ1v) is 6.26. The van der Waals surface area contributed by atoms with Gasteiger partial charge in [-0.1, -0.05) is 13.0 Å². The van der Waals surface area contributed by atoms with Crippen molar-refractivity contribution in [1.29, 1.82) is 0 Å². The van der Waals surface area contributed by atoms with Crippen LogP contribution in [0.2, 0.25) is 0 Å². The zero-order valence-corrected chi connectivity index (χ0v) is 11.4. The number of rotatable bonds is 7. The van der Waals surface area contributed by atoms with Gasteiger partial charge in [0.15, 0.2) is 0 Å². The van der Waals surface area contributed by atoms with Crippen LogP contribution in [0.4, 0.5) is 5.69 Å². The molecule has 0 aromatic heterocycles. The summed E-state index contributed by atoms with van der Waals surface area (Å²) in [5, 5.41) is 5.89. The average molecular weight is 250 g/mol. The molecule has 0 radical (unpaired) electrons. The molecule has 0 aliphatic carbocycles. The van der Waals surface area contributed by atoms with E-state index in [0.29, 0.717) is 19.7 Å². The predicted molar refractivity (Wildman–Crippen MR) is 73.9 cm³/mol. The number of nitrogens with one attached hydrogen (secondary N) is 2. The molecule has 1 aromatic rings. The van der Waals surface area contributed by atoms with E-state index in [-0.39, 0.29) is 5.91 Å². The van der Waals surface area contributed by atoms with Gasteiger partial charge < -0.3 is 15.4 Å². The Kier molecular flexibility index (Phi) is 6.39. The van der Waals surface area contributed by atoms with E-state index in [1.165, 1.54) is 11.1 Å². The van der Waals surface area contributed by atoms with Gasteiger partial charge in [-0.15, -0.1) is 0 Å². The second-order valence-electron chi connectivity index (χ2n) is 4.21. The van der Waals surface area contributed by atoms with Crippen molar-refractivity contribution in [2.45, 2.75) is 20.3 Å². The highest BCUT2D eigenvalue weighted by atomic mass is 16.5. The molecule has 0 aliphatic heterocycles. The third kappa shape index (κ3) is 4.85. The number of hydrogen-bond donors (Lipinski definition) is 2. The number of ether oxygens (including phenoxy) is 1. The van der Waals surface area contributed by atoms with Crippen LogP contribution < -0.4 is 10.6 Å². The van der Waals surface area contributed by atoms with Crippen LogP contribution in [0.3, 0.4) is 0 Å². The summed E-state index contributed by atoms with van der Waals surface area (Å²) in [6, 6.07) is 6.00. The molecule has 0 spiro atoms. The second kappa shape index (κ2) is 7.84. The van der Waals surface area contributed by atoms with E-state index in [0.717, 1.165) is 12.1 Å². The summed E-state index contributed by atoms with van der Waals surface area (Å²) in [4.78, 5) is 11.6. The minimum Gasteiger partial charge on any atom is -0.383 e. The topological polar surface area (TPSA) is 50.4 Å². The maximum Gasteiger partial charge on any atom is 0.238 e. The van der Waals surface area contributed by atoms with Crippen LogP contribution in [0.1, 0.15) is 18.1 Å². The minimum absolute atomic E-state index is 0.0305. The van der Waals surface area contributed by atoms with Gasteiger partial charge >= 0.3 is 0 Å². The molecule has 0 saturated carbocycles. The quantitative estimate of drug-likeness (QED) is 0.725. The Morgan fingerprint density at radius 2 is 2.17 bits per heavy atom. The lowest BCUT2D eigenvalue weighted by Gasteiger charge is -2.09. The molecule has 0 fully saturated rings. The largest absolute Gasteiger partial charge is 0.383 e. The van der Waals surface area contributed by atoms with Crippen molar-refractivity contribution < 1.29 is 9.53 Å². The second-order valence-corrected chi connectivity index (χ2v) is 4.21. The van der Waals surface area contributed by atoms with Gasteiger partial charge in [0.1, 0.15) is 0 Å². The fraction of sp³-hybridized carbons (Fsp3) is 0.500. The summed E-state index contributed by atoms with van der Waals surface area (Å²) in [5.41, 5.74) is 3.38. The molecule has 0 saturated heterocycles. The molecule has 0 atom stereocenters. The van der Waals surface area contributed by atoms with Crippen LogP contribution in [0.25, 0.3) is 0 Å². The number of amides is 1. The molecular formula is C14H22N2O2. The maximum atomic E-state index is 11.6. The Hall–Kier alpha value is -1.39. The Morgan fingerprint density at radius 1 is 1.39 bits per heavy atom. The lowest BCUT2D eigenvalue weighted by atomic mass is 10.1. The molecule has 0 bridgehead atoms. The SMILES string of the molecule is CCc1cc(NC(=O)CNCCOC)ccc1C. The van der Waals surface area contributed by atoms with Gasteiger partial charge in [0.2, 0.25) is 5.91 Å². The molecule has 1 rings (SSSR count). The van der Waals surface area contributed by atoms with Crippen molar-refractivity contribution in [3.05, 3.63) is 29.3 Å². The lowest BCUT2D eigenvalue weighted by molar-refractivity contribution is -0.115. The van der Waals surface area contributed by atoms with Gasteiger partial charge in [0, 0.05) is 19.3 Å². The van der Waals surface area contributed by atoms with E-state index in [9.17, 15) is 4.79 Å². The zero-order valence-electron chi connectivity index (χ0n) is 11.4. The molecule has 1 aromatic carbocycles. The van der Waals surface area contributed by atoms with Gasteiger partial charge in [0.25, 0.3) is 0 Å². The van der Waals surface area contributed by atoms with Gasteiger partial charge in [-0.05, 0) is 36.6 Å². The number of carbonyl (C=O) groups is 1. The van der Waals surface area contributed by atoms with E-state index in [1.54, 1.807) is 7.11 Å². The van der Waals surface area contributed by atoms with Crippen LogP contribution in [0.5, 0.6) is 0 Å². The highest BCUT2D eigenvalue weighted by Gasteiger charge is 2.03. The van der Waals surface area contributed by atoms with Crippen molar-refractivity contribution in [2.75, 3.05) is 32.1 Å².